The van der Waals surface area contributed by atoms with Gasteiger partial charge in [-0.3, -0.25) is 0 Å². The van der Waals surface area contributed by atoms with Crippen LogP contribution in [0.1, 0.15) is 20.8 Å². The summed E-state index contributed by atoms with van der Waals surface area (Å²) in [6.07, 6.45) is -14.7. The van der Waals surface area contributed by atoms with Gasteiger partial charge < -0.3 is 14.2 Å². The molecular weight excluding hydrogens is 350 g/mol. The first-order valence-corrected chi connectivity index (χ1v) is 6.93. The number of carbonyl (C=O) groups is 2. The molecule has 11 heteroatoms. The lowest BCUT2D eigenvalue weighted by Crippen LogP contribution is -2.59. The fraction of sp³-hybridized carbons (Fsp3) is 0.846. The second-order valence-electron chi connectivity index (χ2n) is 6.13. The van der Waals surface area contributed by atoms with Crippen LogP contribution in [0, 0.1) is 11.8 Å². The molecular formula is C13H14F6O5. The molecule has 0 N–H and O–H groups in total. The molecule has 0 saturated carbocycles. The number of halogens is 6. The van der Waals surface area contributed by atoms with Gasteiger partial charge in [-0.25, -0.2) is 9.59 Å². The fourth-order valence-electron chi connectivity index (χ4n) is 3.22. The Morgan fingerprint density at radius 3 is 1.92 bits per heavy atom. The summed E-state index contributed by atoms with van der Waals surface area (Å²) in [5, 5.41) is 0. The normalized spacial score (nSPS) is 39.0. The van der Waals surface area contributed by atoms with E-state index in [4.69, 9.17) is 4.74 Å². The Kier molecular flexibility index (Phi) is 4.31. The van der Waals surface area contributed by atoms with E-state index in [1.807, 2.05) is 0 Å². The van der Waals surface area contributed by atoms with Gasteiger partial charge in [0.25, 0.3) is 0 Å². The number of hydrogen-bond donors (Lipinski definition) is 0. The average molecular weight is 364 g/mol. The maximum atomic E-state index is 12.5. The molecule has 6 unspecified atom stereocenters. The first kappa shape index (κ1) is 18.8. The Morgan fingerprint density at radius 2 is 1.46 bits per heavy atom. The summed E-state index contributed by atoms with van der Waals surface area (Å²) in [6, 6.07) is 0. The monoisotopic (exact) mass is 364 g/mol. The van der Waals surface area contributed by atoms with Gasteiger partial charge in [0.1, 0.15) is 12.2 Å². The van der Waals surface area contributed by atoms with Gasteiger partial charge >= 0.3 is 24.3 Å². The van der Waals surface area contributed by atoms with Crippen molar-refractivity contribution in [1.29, 1.82) is 0 Å². The van der Waals surface area contributed by atoms with Gasteiger partial charge in [-0.2, -0.15) is 26.3 Å². The lowest BCUT2D eigenvalue weighted by Gasteiger charge is -2.41. The molecule has 24 heavy (non-hydrogen) atoms. The third kappa shape index (κ3) is 2.93. The van der Waals surface area contributed by atoms with Gasteiger partial charge in [0.05, 0.1) is 0 Å². The Balaban J connectivity index is 2.31. The summed E-state index contributed by atoms with van der Waals surface area (Å²) in [5.41, 5.74) is -2.18. The van der Waals surface area contributed by atoms with Crippen LogP contribution in [-0.4, -0.2) is 48.2 Å². The van der Waals surface area contributed by atoms with Gasteiger partial charge in [-0.05, 0) is 18.8 Å². The summed E-state index contributed by atoms with van der Waals surface area (Å²) in [4.78, 5) is 22.2. The number of esters is 2. The summed E-state index contributed by atoms with van der Waals surface area (Å²) in [6.45, 7) is 4.16. The van der Waals surface area contributed by atoms with Crippen LogP contribution in [0.15, 0.2) is 0 Å². The highest BCUT2D eigenvalue weighted by molar-refractivity contribution is 5.77. The van der Waals surface area contributed by atoms with Crippen molar-refractivity contribution in [3.63, 3.8) is 0 Å². The Morgan fingerprint density at radius 1 is 0.958 bits per heavy atom. The molecule has 0 aliphatic carbocycles. The maximum Gasteiger partial charge on any atom is 0.490 e. The highest BCUT2D eigenvalue weighted by Gasteiger charge is 2.69. The van der Waals surface area contributed by atoms with Crippen LogP contribution in [0.2, 0.25) is 0 Å². The fourth-order valence-corrected chi connectivity index (χ4v) is 3.22. The van der Waals surface area contributed by atoms with Crippen LogP contribution < -0.4 is 0 Å². The second-order valence-corrected chi connectivity index (χ2v) is 6.13. The Labute approximate surface area is 132 Å². The zero-order chi connectivity index (χ0) is 18.7. The predicted molar refractivity (Wildman–Crippen MR) is 63.5 cm³/mol. The van der Waals surface area contributed by atoms with E-state index in [0.29, 0.717) is 0 Å². The standard InChI is InChI=1S/C13H14F6O5/c1-4-5(2)7-11(3,24-10(21)13(17,18)19)8(6(4)22-7)23-9(20)12(14,15)16/h4-8H,1-3H3. The topological polar surface area (TPSA) is 61.8 Å². The van der Waals surface area contributed by atoms with Crippen molar-refractivity contribution in [3.8, 4) is 0 Å². The van der Waals surface area contributed by atoms with E-state index < -0.39 is 60.0 Å². The molecule has 138 valence electrons. The Bertz CT molecular complexity index is 544. The molecule has 0 aromatic rings. The van der Waals surface area contributed by atoms with Crippen molar-refractivity contribution in [1.82, 2.24) is 0 Å². The molecule has 0 aromatic carbocycles. The number of alkyl halides is 6. The molecule has 2 heterocycles. The molecule has 2 bridgehead atoms. The lowest BCUT2D eigenvalue weighted by atomic mass is 9.72. The summed E-state index contributed by atoms with van der Waals surface area (Å²) >= 11 is 0. The number of rotatable bonds is 2. The highest BCUT2D eigenvalue weighted by atomic mass is 19.4. The number of ether oxygens (including phenoxy) is 3. The molecule has 2 saturated heterocycles. The van der Waals surface area contributed by atoms with Crippen LogP contribution in [0.5, 0.6) is 0 Å². The molecule has 2 rings (SSSR count). The molecule has 0 amide bonds. The van der Waals surface area contributed by atoms with E-state index in [9.17, 15) is 35.9 Å². The highest BCUT2D eigenvalue weighted by Crippen LogP contribution is 2.52. The molecule has 0 aromatic heterocycles. The first-order valence-electron chi connectivity index (χ1n) is 6.93. The van der Waals surface area contributed by atoms with Gasteiger partial charge in [0, 0.05) is 0 Å². The minimum absolute atomic E-state index is 0.404. The van der Waals surface area contributed by atoms with E-state index in [0.717, 1.165) is 6.92 Å². The number of hydrogen-bond acceptors (Lipinski definition) is 5. The third-order valence-electron chi connectivity index (χ3n) is 4.57. The first-order chi connectivity index (χ1) is 10.7. The second kappa shape index (κ2) is 5.50. The molecule has 5 nitrogen and oxygen atoms in total. The van der Waals surface area contributed by atoms with Gasteiger partial charge in [0.15, 0.2) is 11.7 Å². The smallest absolute Gasteiger partial charge is 0.449 e. The minimum atomic E-state index is -5.35. The van der Waals surface area contributed by atoms with Crippen molar-refractivity contribution >= 4 is 11.9 Å². The van der Waals surface area contributed by atoms with Crippen LogP contribution in [0.25, 0.3) is 0 Å². The largest absolute Gasteiger partial charge is 0.490 e. The molecule has 2 fully saturated rings. The summed E-state index contributed by atoms with van der Waals surface area (Å²) in [5.74, 6) is -5.99. The van der Waals surface area contributed by atoms with E-state index in [1.165, 1.54) is 0 Å². The van der Waals surface area contributed by atoms with Gasteiger partial charge in [-0.15, -0.1) is 0 Å². The lowest BCUT2D eigenvalue weighted by molar-refractivity contribution is -0.237. The Hall–Kier alpha value is -1.52. The summed E-state index contributed by atoms with van der Waals surface area (Å²) in [7, 11) is 0. The predicted octanol–water partition coefficient (Wildman–Crippen LogP) is 2.38. The van der Waals surface area contributed by atoms with E-state index in [-0.39, 0.29) is 0 Å². The van der Waals surface area contributed by atoms with Crippen molar-refractivity contribution in [2.75, 3.05) is 0 Å². The minimum Gasteiger partial charge on any atom is -0.449 e. The SMILES string of the molecule is CC1C(C)C2OC1C(OC(=O)C(F)(F)F)C2(C)OC(=O)C(F)(F)F. The molecule has 6 atom stereocenters. The third-order valence-corrected chi connectivity index (χ3v) is 4.57. The van der Waals surface area contributed by atoms with Crippen molar-refractivity contribution in [3.05, 3.63) is 0 Å². The van der Waals surface area contributed by atoms with Gasteiger partial charge in [0.2, 0.25) is 0 Å². The molecule has 2 aliphatic rings. The van der Waals surface area contributed by atoms with Crippen molar-refractivity contribution < 1.29 is 50.1 Å². The van der Waals surface area contributed by atoms with E-state index >= 15 is 0 Å². The van der Waals surface area contributed by atoms with E-state index in [2.05, 4.69) is 9.47 Å². The molecule has 0 spiro atoms. The zero-order valence-corrected chi connectivity index (χ0v) is 12.7. The maximum absolute atomic E-state index is 12.5. The van der Waals surface area contributed by atoms with Crippen molar-refractivity contribution in [2.24, 2.45) is 11.8 Å². The average Bonchev–Trinajstić information content (AvgIpc) is 2.84. The van der Waals surface area contributed by atoms with Gasteiger partial charge in [-0.1, -0.05) is 13.8 Å². The number of carbonyl (C=O) groups excluding carboxylic acids is 2. The van der Waals surface area contributed by atoms with Crippen LogP contribution in [0.4, 0.5) is 26.3 Å². The quantitative estimate of drug-likeness (QED) is 0.556. The number of fused-ring (bicyclic) bond motifs is 2. The molecule has 2 aliphatic heterocycles. The van der Waals surface area contributed by atoms with Crippen LogP contribution in [-0.2, 0) is 23.8 Å². The van der Waals surface area contributed by atoms with E-state index in [1.54, 1.807) is 13.8 Å². The molecule has 0 radical (unpaired) electrons. The summed E-state index contributed by atoms with van der Waals surface area (Å²) < 4.78 is 88.7. The van der Waals surface area contributed by atoms with Crippen LogP contribution >= 0.6 is 0 Å². The van der Waals surface area contributed by atoms with Crippen molar-refractivity contribution in [2.45, 2.75) is 57.0 Å². The zero-order valence-electron chi connectivity index (χ0n) is 12.7. The van der Waals surface area contributed by atoms with Crippen LogP contribution in [0.3, 0.4) is 0 Å².